The molecule has 166 valence electrons. The Hall–Kier alpha value is -2.74. The van der Waals surface area contributed by atoms with Gasteiger partial charge in [-0.1, -0.05) is 18.2 Å². The van der Waals surface area contributed by atoms with Crippen molar-refractivity contribution in [2.24, 2.45) is 0 Å². The van der Waals surface area contributed by atoms with Gasteiger partial charge in [-0.05, 0) is 61.9 Å². The molecule has 1 aliphatic carbocycles. The lowest BCUT2D eigenvalue weighted by Crippen LogP contribution is -2.42. The van der Waals surface area contributed by atoms with Gasteiger partial charge in [-0.2, -0.15) is 0 Å². The van der Waals surface area contributed by atoms with Gasteiger partial charge in [0.05, 0.1) is 17.5 Å². The number of sulfonamides is 1. The normalized spacial score (nSPS) is 15.8. The summed E-state index contributed by atoms with van der Waals surface area (Å²) in [6.07, 6.45) is 3.34. The summed E-state index contributed by atoms with van der Waals surface area (Å²) in [6.45, 7) is 4.02. The molecule has 1 unspecified atom stereocenters. The molecule has 1 N–H and O–H groups in total. The monoisotopic (exact) mass is 444 g/mol. The third-order valence-corrected chi connectivity index (χ3v) is 7.54. The number of carbonyl (C=O) groups is 1. The number of fused-ring (bicyclic) bond motifs is 2. The zero-order valence-corrected chi connectivity index (χ0v) is 18.7. The molecule has 2 aliphatic rings. The quantitative estimate of drug-likeness (QED) is 0.710. The molecule has 7 nitrogen and oxygen atoms in total. The van der Waals surface area contributed by atoms with Crippen molar-refractivity contribution in [2.75, 3.05) is 29.8 Å². The largest absolute Gasteiger partial charge is 0.486 e. The number of anilines is 1. The van der Waals surface area contributed by atoms with E-state index in [1.165, 1.54) is 17.5 Å². The number of nitrogens with zero attached hydrogens (tertiary/aromatic N) is 1. The van der Waals surface area contributed by atoms with Crippen LogP contribution >= 0.6 is 0 Å². The van der Waals surface area contributed by atoms with Crippen molar-refractivity contribution in [3.05, 3.63) is 53.1 Å². The Balaban J connectivity index is 1.51. The number of carbonyl (C=O) groups excluding carboxylic acids is 1. The summed E-state index contributed by atoms with van der Waals surface area (Å²) in [5.74, 6) is 0.570. The Bertz CT molecular complexity index is 1080. The molecule has 0 aromatic heterocycles. The van der Waals surface area contributed by atoms with Gasteiger partial charge < -0.3 is 14.8 Å². The van der Waals surface area contributed by atoms with E-state index in [2.05, 4.69) is 17.4 Å². The highest BCUT2D eigenvalue weighted by Gasteiger charge is 2.26. The molecule has 0 spiro atoms. The highest BCUT2D eigenvalue weighted by Crippen LogP contribution is 2.35. The summed E-state index contributed by atoms with van der Waals surface area (Å²) in [5, 5.41) is 2.95. The SMILES string of the molecule is CCS(=O)(=O)N(CC(=O)NC(C)c1ccc2c(c1)CCC2)c1ccc2c(c1)OCCO2. The molecular formula is C23H28N2O5S. The fraction of sp³-hybridized carbons (Fsp3) is 0.435. The van der Waals surface area contributed by atoms with Gasteiger partial charge in [-0.25, -0.2) is 8.42 Å². The van der Waals surface area contributed by atoms with Crippen molar-refractivity contribution < 1.29 is 22.7 Å². The number of ether oxygens (including phenoxy) is 2. The zero-order valence-electron chi connectivity index (χ0n) is 17.9. The lowest BCUT2D eigenvalue weighted by Gasteiger charge is -2.26. The van der Waals surface area contributed by atoms with Crippen molar-refractivity contribution >= 4 is 21.6 Å². The van der Waals surface area contributed by atoms with Crippen LogP contribution in [0.15, 0.2) is 36.4 Å². The number of rotatable bonds is 7. The Kier molecular flexibility index (Phi) is 6.09. The highest BCUT2D eigenvalue weighted by atomic mass is 32.2. The minimum absolute atomic E-state index is 0.116. The number of nitrogens with one attached hydrogen (secondary N) is 1. The van der Waals surface area contributed by atoms with Crippen LogP contribution < -0.4 is 19.1 Å². The highest BCUT2D eigenvalue weighted by molar-refractivity contribution is 7.92. The maximum absolute atomic E-state index is 12.8. The Morgan fingerprint density at radius 2 is 1.81 bits per heavy atom. The van der Waals surface area contributed by atoms with E-state index in [0.717, 1.165) is 22.7 Å². The maximum Gasteiger partial charge on any atom is 0.241 e. The van der Waals surface area contributed by atoms with Crippen LogP contribution in [-0.2, 0) is 27.7 Å². The van der Waals surface area contributed by atoms with Crippen molar-refractivity contribution in [2.45, 2.75) is 39.2 Å². The molecule has 1 heterocycles. The first-order valence-corrected chi connectivity index (χ1v) is 12.3. The van der Waals surface area contributed by atoms with Crippen molar-refractivity contribution in [1.82, 2.24) is 5.32 Å². The van der Waals surface area contributed by atoms with E-state index in [1.807, 2.05) is 13.0 Å². The van der Waals surface area contributed by atoms with E-state index >= 15 is 0 Å². The Labute approximate surface area is 183 Å². The third kappa shape index (κ3) is 4.63. The summed E-state index contributed by atoms with van der Waals surface area (Å²) < 4.78 is 37.7. The summed E-state index contributed by atoms with van der Waals surface area (Å²) in [5.41, 5.74) is 4.12. The van der Waals surface area contributed by atoms with E-state index in [0.29, 0.717) is 30.4 Å². The van der Waals surface area contributed by atoms with Crippen LogP contribution in [0.5, 0.6) is 11.5 Å². The Morgan fingerprint density at radius 1 is 1.06 bits per heavy atom. The predicted octanol–water partition coefficient (Wildman–Crippen LogP) is 2.98. The number of amides is 1. The van der Waals surface area contributed by atoms with Crippen molar-refractivity contribution in [3.63, 3.8) is 0 Å². The van der Waals surface area contributed by atoms with E-state index in [-0.39, 0.29) is 24.2 Å². The molecule has 2 aromatic carbocycles. The molecule has 31 heavy (non-hydrogen) atoms. The van der Waals surface area contributed by atoms with Gasteiger partial charge in [0.1, 0.15) is 19.8 Å². The second-order valence-electron chi connectivity index (χ2n) is 7.91. The topological polar surface area (TPSA) is 84.9 Å². The molecule has 2 aromatic rings. The molecule has 0 saturated carbocycles. The molecule has 1 aliphatic heterocycles. The van der Waals surface area contributed by atoms with Gasteiger partial charge in [0.2, 0.25) is 15.9 Å². The van der Waals surface area contributed by atoms with Gasteiger partial charge in [0.25, 0.3) is 0 Å². The van der Waals surface area contributed by atoms with E-state index in [1.54, 1.807) is 25.1 Å². The molecule has 4 rings (SSSR count). The summed E-state index contributed by atoms with van der Waals surface area (Å²) >= 11 is 0. The first-order chi connectivity index (χ1) is 14.9. The van der Waals surface area contributed by atoms with E-state index < -0.39 is 10.0 Å². The van der Waals surface area contributed by atoms with Gasteiger partial charge in [0, 0.05) is 6.07 Å². The van der Waals surface area contributed by atoms with Crippen LogP contribution in [-0.4, -0.2) is 39.8 Å². The Morgan fingerprint density at radius 3 is 2.58 bits per heavy atom. The number of hydrogen-bond acceptors (Lipinski definition) is 5. The maximum atomic E-state index is 12.8. The average Bonchev–Trinajstić information content (AvgIpc) is 3.25. The first-order valence-electron chi connectivity index (χ1n) is 10.7. The van der Waals surface area contributed by atoms with E-state index in [9.17, 15) is 13.2 Å². The number of aryl methyl sites for hydroxylation is 2. The fourth-order valence-electron chi connectivity index (χ4n) is 4.06. The molecular weight excluding hydrogens is 416 g/mol. The molecule has 0 fully saturated rings. The van der Waals surface area contributed by atoms with Gasteiger partial charge in [0.15, 0.2) is 11.5 Å². The first kappa shape index (κ1) is 21.5. The van der Waals surface area contributed by atoms with Gasteiger partial charge in [-0.3, -0.25) is 9.10 Å². The molecule has 8 heteroatoms. The van der Waals surface area contributed by atoms with Gasteiger partial charge >= 0.3 is 0 Å². The average molecular weight is 445 g/mol. The summed E-state index contributed by atoms with van der Waals surface area (Å²) in [4.78, 5) is 12.8. The fourth-order valence-corrected chi connectivity index (χ4v) is 5.12. The number of hydrogen-bond donors (Lipinski definition) is 1. The molecule has 0 saturated heterocycles. The second-order valence-corrected chi connectivity index (χ2v) is 10.1. The predicted molar refractivity (Wildman–Crippen MR) is 119 cm³/mol. The lowest BCUT2D eigenvalue weighted by molar-refractivity contribution is -0.120. The van der Waals surface area contributed by atoms with Gasteiger partial charge in [-0.15, -0.1) is 0 Å². The summed E-state index contributed by atoms with van der Waals surface area (Å²) in [7, 11) is -3.67. The molecule has 1 amide bonds. The zero-order chi connectivity index (χ0) is 22.0. The van der Waals surface area contributed by atoms with Crippen molar-refractivity contribution in [3.8, 4) is 11.5 Å². The van der Waals surface area contributed by atoms with Crippen LogP contribution in [0.25, 0.3) is 0 Å². The molecule has 0 bridgehead atoms. The summed E-state index contributed by atoms with van der Waals surface area (Å²) in [6, 6.07) is 11.0. The standard InChI is InChI=1S/C23H28N2O5S/c1-3-31(27,28)25(20-9-10-21-22(14-20)30-12-11-29-21)15-23(26)24-16(2)18-8-7-17-5-4-6-19(17)13-18/h7-10,13-14,16H,3-6,11-12,15H2,1-2H3,(H,24,26). The van der Waals surface area contributed by atoms with Crippen LogP contribution in [0.4, 0.5) is 5.69 Å². The van der Waals surface area contributed by atoms with Crippen LogP contribution in [0, 0.1) is 0 Å². The molecule has 1 atom stereocenters. The second kappa shape index (κ2) is 8.78. The third-order valence-electron chi connectivity index (χ3n) is 5.80. The molecule has 0 radical (unpaired) electrons. The smallest absolute Gasteiger partial charge is 0.241 e. The minimum Gasteiger partial charge on any atom is -0.486 e. The number of benzene rings is 2. The lowest BCUT2D eigenvalue weighted by atomic mass is 10.0. The van der Waals surface area contributed by atoms with Crippen LogP contribution in [0.2, 0.25) is 0 Å². The van der Waals surface area contributed by atoms with Crippen LogP contribution in [0.1, 0.15) is 43.0 Å². The van der Waals surface area contributed by atoms with Crippen LogP contribution in [0.3, 0.4) is 0 Å². The van der Waals surface area contributed by atoms with Crippen molar-refractivity contribution in [1.29, 1.82) is 0 Å². The minimum atomic E-state index is -3.67. The van der Waals surface area contributed by atoms with E-state index in [4.69, 9.17) is 9.47 Å².